The van der Waals surface area contributed by atoms with E-state index in [0.29, 0.717) is 43.6 Å². The molecule has 1 aliphatic heterocycles. The van der Waals surface area contributed by atoms with E-state index in [1.165, 1.54) is 30.3 Å². The highest BCUT2D eigenvalue weighted by molar-refractivity contribution is 5.92. The SMILES string of the molecule is O=C(Oc1ccc(Oc2ccc(C(F)(F)F)cn2)cc1)C1CCN(C(=O)/C=C/c2ccccc2)CC1. The van der Waals surface area contributed by atoms with Gasteiger partial charge in [0.15, 0.2) is 0 Å². The van der Waals surface area contributed by atoms with Crippen LogP contribution in [0.15, 0.2) is 79.0 Å². The van der Waals surface area contributed by atoms with Gasteiger partial charge in [-0.05, 0) is 54.8 Å². The molecule has 9 heteroatoms. The fourth-order valence-corrected chi connectivity index (χ4v) is 3.68. The van der Waals surface area contributed by atoms with Crippen LogP contribution < -0.4 is 9.47 Å². The number of piperidine rings is 1. The Kier molecular flexibility index (Phi) is 7.68. The van der Waals surface area contributed by atoms with E-state index in [2.05, 4.69) is 4.98 Å². The summed E-state index contributed by atoms with van der Waals surface area (Å²) < 4.78 is 48.8. The van der Waals surface area contributed by atoms with Crippen LogP contribution in [0.5, 0.6) is 17.4 Å². The number of benzene rings is 2. The highest BCUT2D eigenvalue weighted by Crippen LogP contribution is 2.30. The van der Waals surface area contributed by atoms with Crippen molar-refractivity contribution in [2.45, 2.75) is 19.0 Å². The molecule has 1 amide bonds. The maximum Gasteiger partial charge on any atom is 0.417 e. The summed E-state index contributed by atoms with van der Waals surface area (Å²) in [5.41, 5.74) is 0.0762. The first-order valence-electron chi connectivity index (χ1n) is 11.3. The fourth-order valence-electron chi connectivity index (χ4n) is 3.68. The van der Waals surface area contributed by atoms with Crippen molar-refractivity contribution in [1.29, 1.82) is 0 Å². The van der Waals surface area contributed by atoms with E-state index < -0.39 is 11.7 Å². The van der Waals surface area contributed by atoms with E-state index in [0.717, 1.165) is 17.7 Å². The lowest BCUT2D eigenvalue weighted by atomic mass is 9.97. The monoisotopic (exact) mass is 496 g/mol. The smallest absolute Gasteiger partial charge is 0.417 e. The molecule has 1 fully saturated rings. The molecule has 1 aliphatic rings. The van der Waals surface area contributed by atoms with Gasteiger partial charge in [0.05, 0.1) is 11.5 Å². The summed E-state index contributed by atoms with van der Waals surface area (Å²) >= 11 is 0. The van der Waals surface area contributed by atoms with Gasteiger partial charge < -0.3 is 14.4 Å². The number of halogens is 3. The van der Waals surface area contributed by atoms with Crippen molar-refractivity contribution >= 4 is 18.0 Å². The third-order valence-corrected chi connectivity index (χ3v) is 5.69. The zero-order valence-corrected chi connectivity index (χ0v) is 19.1. The summed E-state index contributed by atoms with van der Waals surface area (Å²) in [6, 6.07) is 17.7. The van der Waals surface area contributed by atoms with Crippen LogP contribution in [0.3, 0.4) is 0 Å². The third kappa shape index (κ3) is 6.71. The summed E-state index contributed by atoms with van der Waals surface area (Å²) in [6.45, 7) is 0.926. The van der Waals surface area contributed by atoms with Crippen molar-refractivity contribution in [2.24, 2.45) is 5.92 Å². The van der Waals surface area contributed by atoms with Crippen molar-refractivity contribution in [3.05, 3.63) is 90.1 Å². The summed E-state index contributed by atoms with van der Waals surface area (Å²) in [6.07, 6.45) is 0.545. The number of carbonyl (C=O) groups excluding carboxylic acids is 2. The molecule has 0 unspecified atom stereocenters. The number of esters is 1. The van der Waals surface area contributed by atoms with Crippen LogP contribution in [0.1, 0.15) is 24.0 Å². The molecule has 0 saturated carbocycles. The van der Waals surface area contributed by atoms with Crippen LogP contribution in [0.2, 0.25) is 0 Å². The van der Waals surface area contributed by atoms with Crippen LogP contribution in [-0.4, -0.2) is 34.8 Å². The number of amides is 1. The molecule has 1 saturated heterocycles. The Balaban J connectivity index is 1.24. The maximum absolute atomic E-state index is 12.6. The number of nitrogens with zero attached hydrogens (tertiary/aromatic N) is 2. The van der Waals surface area contributed by atoms with Crippen molar-refractivity contribution in [1.82, 2.24) is 9.88 Å². The largest absolute Gasteiger partial charge is 0.439 e. The number of pyridine rings is 1. The second-order valence-corrected chi connectivity index (χ2v) is 8.22. The van der Waals surface area contributed by atoms with Crippen LogP contribution >= 0.6 is 0 Å². The van der Waals surface area contributed by atoms with E-state index in [1.54, 1.807) is 11.0 Å². The van der Waals surface area contributed by atoms with Gasteiger partial charge in [0.25, 0.3) is 0 Å². The normalized spacial score (nSPS) is 14.6. The minimum Gasteiger partial charge on any atom is -0.439 e. The zero-order valence-electron chi connectivity index (χ0n) is 19.1. The van der Waals surface area contributed by atoms with Gasteiger partial charge in [-0.15, -0.1) is 0 Å². The Hall–Kier alpha value is -4.14. The molecule has 6 nitrogen and oxygen atoms in total. The van der Waals surface area contributed by atoms with E-state index in [-0.39, 0.29) is 23.7 Å². The summed E-state index contributed by atoms with van der Waals surface area (Å²) in [7, 11) is 0. The van der Waals surface area contributed by atoms with Gasteiger partial charge in [0.2, 0.25) is 11.8 Å². The zero-order chi connectivity index (χ0) is 25.5. The lowest BCUT2D eigenvalue weighted by Gasteiger charge is -2.30. The first kappa shape index (κ1) is 25.0. The van der Waals surface area contributed by atoms with Crippen molar-refractivity contribution in [2.75, 3.05) is 13.1 Å². The highest BCUT2D eigenvalue weighted by atomic mass is 19.4. The number of hydrogen-bond donors (Lipinski definition) is 0. The number of ether oxygens (including phenoxy) is 2. The second kappa shape index (κ2) is 11.1. The number of alkyl halides is 3. The van der Waals surface area contributed by atoms with Crippen molar-refractivity contribution in [3.63, 3.8) is 0 Å². The number of rotatable bonds is 6. The molecule has 186 valence electrons. The first-order valence-corrected chi connectivity index (χ1v) is 11.3. The van der Waals surface area contributed by atoms with E-state index in [9.17, 15) is 22.8 Å². The maximum atomic E-state index is 12.6. The number of aromatic nitrogens is 1. The molecule has 2 aromatic carbocycles. The van der Waals surface area contributed by atoms with E-state index in [1.807, 2.05) is 30.3 Å². The number of carbonyl (C=O) groups is 2. The van der Waals surface area contributed by atoms with Crippen molar-refractivity contribution < 1.29 is 32.2 Å². The lowest BCUT2D eigenvalue weighted by Crippen LogP contribution is -2.40. The predicted octanol–water partition coefficient (Wildman–Crippen LogP) is 5.75. The quantitative estimate of drug-likeness (QED) is 0.247. The van der Waals surface area contributed by atoms with Gasteiger partial charge >= 0.3 is 12.1 Å². The standard InChI is InChI=1S/C27H23F3N2O4/c28-27(29,30)21-7-12-24(31-18-21)35-22-8-10-23(11-9-22)36-26(34)20-14-16-32(17-15-20)25(33)13-6-19-4-2-1-3-5-19/h1-13,18,20H,14-17H2/b13-6+. The Labute approximate surface area is 206 Å². The van der Waals surface area contributed by atoms with E-state index >= 15 is 0 Å². The summed E-state index contributed by atoms with van der Waals surface area (Å²) in [5, 5.41) is 0. The molecule has 36 heavy (non-hydrogen) atoms. The Bertz CT molecular complexity index is 1200. The molecular formula is C27H23F3N2O4. The molecule has 3 aromatic rings. The van der Waals surface area contributed by atoms with Crippen LogP contribution in [0.25, 0.3) is 6.08 Å². The average Bonchev–Trinajstić information content (AvgIpc) is 2.89. The molecule has 2 heterocycles. The van der Waals surface area contributed by atoms with Gasteiger partial charge in [-0.2, -0.15) is 13.2 Å². The van der Waals surface area contributed by atoms with Crippen LogP contribution in [0.4, 0.5) is 13.2 Å². The third-order valence-electron chi connectivity index (χ3n) is 5.69. The predicted molar refractivity (Wildman–Crippen MR) is 126 cm³/mol. The molecule has 4 rings (SSSR count). The lowest BCUT2D eigenvalue weighted by molar-refractivity contribution is -0.142. The first-order chi connectivity index (χ1) is 17.3. The molecule has 0 N–H and O–H groups in total. The van der Waals surface area contributed by atoms with E-state index in [4.69, 9.17) is 9.47 Å². The fraction of sp³-hybridized carbons (Fsp3) is 0.222. The Morgan fingerprint density at radius 2 is 1.58 bits per heavy atom. The molecule has 0 aliphatic carbocycles. The second-order valence-electron chi connectivity index (χ2n) is 8.22. The van der Waals surface area contributed by atoms with Crippen LogP contribution in [0, 0.1) is 5.92 Å². The minimum atomic E-state index is -4.47. The summed E-state index contributed by atoms with van der Waals surface area (Å²) in [4.78, 5) is 30.4. The van der Waals surface area contributed by atoms with Gasteiger partial charge in [-0.3, -0.25) is 9.59 Å². The van der Waals surface area contributed by atoms with Gasteiger partial charge in [-0.1, -0.05) is 30.3 Å². The number of likely N-dealkylation sites (tertiary alicyclic amines) is 1. The van der Waals surface area contributed by atoms with Gasteiger partial charge in [0, 0.05) is 31.4 Å². The Morgan fingerprint density at radius 3 is 2.19 bits per heavy atom. The Morgan fingerprint density at radius 1 is 0.917 bits per heavy atom. The average molecular weight is 496 g/mol. The highest BCUT2D eigenvalue weighted by Gasteiger charge is 2.31. The van der Waals surface area contributed by atoms with Crippen molar-refractivity contribution in [3.8, 4) is 17.4 Å². The van der Waals surface area contributed by atoms with Gasteiger partial charge in [-0.25, -0.2) is 4.98 Å². The number of hydrogen-bond acceptors (Lipinski definition) is 5. The van der Waals surface area contributed by atoms with Crippen LogP contribution in [-0.2, 0) is 15.8 Å². The topological polar surface area (TPSA) is 68.7 Å². The molecule has 1 aromatic heterocycles. The molecular weight excluding hydrogens is 473 g/mol. The minimum absolute atomic E-state index is 0.00710. The molecule has 0 spiro atoms. The molecule has 0 bridgehead atoms. The molecule has 0 atom stereocenters. The van der Waals surface area contributed by atoms with Gasteiger partial charge in [0.1, 0.15) is 11.5 Å². The molecule has 0 radical (unpaired) electrons. The summed E-state index contributed by atoms with van der Waals surface area (Å²) in [5.74, 6) is -0.134.